The Kier molecular flexibility index (Phi) is 4.77. The molecule has 0 bridgehead atoms. The van der Waals surface area contributed by atoms with Crippen LogP contribution < -0.4 is 5.32 Å². The summed E-state index contributed by atoms with van der Waals surface area (Å²) in [6.45, 7) is 3.91. The van der Waals surface area contributed by atoms with Gasteiger partial charge in [-0.3, -0.25) is 14.9 Å². The number of aliphatic hydroxyl groups excluding tert-OH is 1. The maximum absolute atomic E-state index is 12.4. The molecule has 2 aromatic rings. The number of nitro groups is 1. The first-order chi connectivity index (χ1) is 10.4. The average Bonchev–Trinajstić information content (AvgIpc) is 2.89. The molecule has 0 aliphatic heterocycles. The van der Waals surface area contributed by atoms with E-state index in [9.17, 15) is 14.9 Å². The van der Waals surface area contributed by atoms with E-state index in [0.717, 1.165) is 0 Å². The monoisotopic (exact) mass is 305 g/mol. The number of aliphatic hydroxyl groups is 1. The van der Waals surface area contributed by atoms with Gasteiger partial charge in [0.05, 0.1) is 10.5 Å². The van der Waals surface area contributed by atoms with E-state index in [0.29, 0.717) is 22.9 Å². The highest BCUT2D eigenvalue weighted by molar-refractivity contribution is 6.07. The number of hydrogen-bond donors (Lipinski definition) is 3. The Hall–Kier alpha value is -2.41. The molecule has 2 rings (SSSR count). The molecular formula is C15H19N3O4. The molecule has 1 unspecified atom stereocenters. The van der Waals surface area contributed by atoms with E-state index in [1.165, 1.54) is 12.1 Å². The van der Waals surface area contributed by atoms with Crippen molar-refractivity contribution in [2.45, 2.75) is 26.3 Å². The minimum atomic E-state index is -0.489. The normalized spacial score (nSPS) is 12.5. The van der Waals surface area contributed by atoms with E-state index >= 15 is 0 Å². The van der Waals surface area contributed by atoms with Crippen LogP contribution in [0.25, 0.3) is 10.9 Å². The number of nitrogens with zero attached hydrogens (tertiary/aromatic N) is 1. The average molecular weight is 305 g/mol. The molecule has 7 nitrogen and oxygen atoms in total. The van der Waals surface area contributed by atoms with Crippen molar-refractivity contribution >= 4 is 22.5 Å². The van der Waals surface area contributed by atoms with E-state index in [2.05, 4.69) is 10.3 Å². The summed E-state index contributed by atoms with van der Waals surface area (Å²) in [6.07, 6.45) is 2.01. The van der Waals surface area contributed by atoms with E-state index in [1.807, 2.05) is 13.8 Å². The number of H-pyrrole nitrogens is 1. The molecule has 0 saturated heterocycles. The molecule has 1 aromatic carbocycles. The van der Waals surface area contributed by atoms with Gasteiger partial charge in [-0.25, -0.2) is 0 Å². The van der Waals surface area contributed by atoms with Crippen LogP contribution in [0.15, 0.2) is 24.4 Å². The molecule has 0 aliphatic carbocycles. The first-order valence-electron chi connectivity index (χ1n) is 7.11. The number of carbonyl (C=O) groups excluding carboxylic acids is 1. The van der Waals surface area contributed by atoms with Crippen molar-refractivity contribution in [1.29, 1.82) is 0 Å². The fourth-order valence-corrected chi connectivity index (χ4v) is 2.37. The molecule has 0 aliphatic rings. The minimum Gasteiger partial charge on any atom is -0.396 e. The van der Waals surface area contributed by atoms with Crippen LogP contribution >= 0.6 is 0 Å². The zero-order chi connectivity index (χ0) is 16.3. The number of aromatic nitrogens is 1. The van der Waals surface area contributed by atoms with Crippen LogP contribution in [-0.4, -0.2) is 33.6 Å². The molecule has 0 spiro atoms. The number of nitrogens with one attached hydrogen (secondary N) is 2. The molecule has 0 radical (unpaired) electrons. The van der Waals surface area contributed by atoms with Crippen molar-refractivity contribution in [3.05, 3.63) is 40.1 Å². The van der Waals surface area contributed by atoms with Crippen molar-refractivity contribution in [2.24, 2.45) is 5.92 Å². The lowest BCUT2D eigenvalue weighted by atomic mass is 10.0. The first-order valence-corrected chi connectivity index (χ1v) is 7.11. The molecule has 1 amide bonds. The number of hydrogen-bond acceptors (Lipinski definition) is 4. The van der Waals surface area contributed by atoms with Gasteiger partial charge in [0.2, 0.25) is 0 Å². The van der Waals surface area contributed by atoms with Gasteiger partial charge in [0.15, 0.2) is 0 Å². The Bertz CT molecular complexity index is 693. The Morgan fingerprint density at radius 2 is 2.18 bits per heavy atom. The number of non-ortho nitro benzene ring substituents is 1. The summed E-state index contributed by atoms with van der Waals surface area (Å²) in [6, 6.07) is 4.21. The van der Waals surface area contributed by atoms with Gasteiger partial charge < -0.3 is 15.4 Å². The zero-order valence-electron chi connectivity index (χ0n) is 12.5. The molecule has 0 saturated carbocycles. The second-order valence-electron chi connectivity index (χ2n) is 5.53. The van der Waals surface area contributed by atoms with Gasteiger partial charge in [-0.05, 0) is 18.4 Å². The molecule has 1 aromatic heterocycles. The summed E-state index contributed by atoms with van der Waals surface area (Å²) in [4.78, 5) is 25.7. The number of amides is 1. The summed E-state index contributed by atoms with van der Waals surface area (Å²) in [7, 11) is 0. The highest BCUT2D eigenvalue weighted by Gasteiger charge is 2.20. The second kappa shape index (κ2) is 6.57. The van der Waals surface area contributed by atoms with E-state index in [4.69, 9.17) is 5.11 Å². The van der Waals surface area contributed by atoms with Gasteiger partial charge in [-0.1, -0.05) is 13.8 Å². The summed E-state index contributed by atoms with van der Waals surface area (Å²) >= 11 is 0. The molecule has 1 atom stereocenters. The van der Waals surface area contributed by atoms with Crippen LogP contribution in [0, 0.1) is 16.0 Å². The molecular weight excluding hydrogens is 286 g/mol. The van der Waals surface area contributed by atoms with Crippen LogP contribution in [0.4, 0.5) is 5.69 Å². The van der Waals surface area contributed by atoms with E-state index < -0.39 is 4.92 Å². The zero-order valence-corrected chi connectivity index (χ0v) is 12.5. The van der Waals surface area contributed by atoms with Crippen molar-refractivity contribution in [1.82, 2.24) is 10.3 Å². The van der Waals surface area contributed by atoms with Gasteiger partial charge in [0.1, 0.15) is 0 Å². The topological polar surface area (TPSA) is 108 Å². The largest absolute Gasteiger partial charge is 0.396 e. The number of nitro benzene ring substituents is 1. The van der Waals surface area contributed by atoms with Crippen LogP contribution in [0.1, 0.15) is 30.6 Å². The maximum Gasteiger partial charge on any atom is 0.270 e. The number of rotatable bonds is 6. The minimum absolute atomic E-state index is 0.0114. The fraction of sp³-hybridized carbons (Fsp3) is 0.400. The summed E-state index contributed by atoms with van der Waals surface area (Å²) in [5, 5.41) is 23.3. The smallest absolute Gasteiger partial charge is 0.270 e. The van der Waals surface area contributed by atoms with Gasteiger partial charge in [-0.15, -0.1) is 0 Å². The highest BCUT2D eigenvalue weighted by atomic mass is 16.6. The van der Waals surface area contributed by atoms with Gasteiger partial charge in [0, 0.05) is 41.9 Å². The van der Waals surface area contributed by atoms with Crippen molar-refractivity contribution < 1.29 is 14.8 Å². The van der Waals surface area contributed by atoms with Crippen molar-refractivity contribution in [2.75, 3.05) is 6.61 Å². The quantitative estimate of drug-likeness (QED) is 0.561. The summed E-state index contributed by atoms with van der Waals surface area (Å²) in [5.74, 6) is -0.130. The molecule has 3 N–H and O–H groups in total. The highest BCUT2D eigenvalue weighted by Crippen LogP contribution is 2.24. The lowest BCUT2D eigenvalue weighted by Crippen LogP contribution is -2.39. The van der Waals surface area contributed by atoms with E-state index in [-0.39, 0.29) is 30.2 Å². The fourth-order valence-electron chi connectivity index (χ4n) is 2.37. The Morgan fingerprint density at radius 1 is 1.45 bits per heavy atom. The first kappa shape index (κ1) is 16.0. The van der Waals surface area contributed by atoms with Crippen LogP contribution in [-0.2, 0) is 0 Å². The molecule has 0 fully saturated rings. The maximum atomic E-state index is 12.4. The standard InChI is InChI=1S/C15H19N3O4/c1-9(2)13(5-6-19)17-15(20)12-8-16-14-4-3-10(18(21)22)7-11(12)14/h3-4,7-9,13,16,19H,5-6H2,1-2H3,(H,17,20). The van der Waals surface area contributed by atoms with Gasteiger partial charge in [-0.2, -0.15) is 0 Å². The number of benzene rings is 1. The predicted octanol–water partition coefficient (Wildman–Crippen LogP) is 2.21. The van der Waals surface area contributed by atoms with E-state index in [1.54, 1.807) is 12.3 Å². The molecule has 7 heteroatoms. The number of carbonyl (C=O) groups is 1. The third kappa shape index (κ3) is 3.25. The van der Waals surface area contributed by atoms with Crippen LogP contribution in [0.2, 0.25) is 0 Å². The van der Waals surface area contributed by atoms with Gasteiger partial charge >= 0.3 is 0 Å². The Morgan fingerprint density at radius 3 is 2.77 bits per heavy atom. The summed E-state index contributed by atoms with van der Waals surface area (Å²) < 4.78 is 0. The number of aromatic amines is 1. The van der Waals surface area contributed by atoms with Crippen LogP contribution in [0.3, 0.4) is 0 Å². The van der Waals surface area contributed by atoms with Crippen LogP contribution in [0.5, 0.6) is 0 Å². The van der Waals surface area contributed by atoms with Crippen molar-refractivity contribution in [3.8, 4) is 0 Å². The third-order valence-corrected chi connectivity index (χ3v) is 3.68. The van der Waals surface area contributed by atoms with Crippen molar-refractivity contribution in [3.63, 3.8) is 0 Å². The SMILES string of the molecule is CC(C)C(CCO)NC(=O)c1c[nH]c2ccc([N+](=O)[O-])cc12. The lowest BCUT2D eigenvalue weighted by molar-refractivity contribution is -0.384. The predicted molar refractivity (Wildman–Crippen MR) is 82.7 cm³/mol. The van der Waals surface area contributed by atoms with Gasteiger partial charge in [0.25, 0.3) is 11.6 Å². The summed E-state index contributed by atoms with van der Waals surface area (Å²) in [5.41, 5.74) is 0.971. The third-order valence-electron chi connectivity index (χ3n) is 3.68. The Balaban J connectivity index is 2.31. The lowest BCUT2D eigenvalue weighted by Gasteiger charge is -2.21. The molecule has 118 valence electrons. The Labute approximate surface area is 127 Å². The second-order valence-corrected chi connectivity index (χ2v) is 5.53. The molecule has 22 heavy (non-hydrogen) atoms. The molecule has 1 heterocycles. The number of fused-ring (bicyclic) bond motifs is 1.